The lowest BCUT2D eigenvalue weighted by Gasteiger charge is -2.06. The number of pyridine rings is 2. The smallest absolute Gasteiger partial charge is 0.167 e. The van der Waals surface area contributed by atoms with Crippen LogP contribution in [0.1, 0.15) is 6.92 Å². The van der Waals surface area contributed by atoms with Crippen LogP contribution in [0.3, 0.4) is 0 Å². The van der Waals surface area contributed by atoms with E-state index < -0.39 is 0 Å². The van der Waals surface area contributed by atoms with Gasteiger partial charge in [0.05, 0.1) is 10.9 Å². The van der Waals surface area contributed by atoms with Gasteiger partial charge in [0.2, 0.25) is 0 Å². The lowest BCUT2D eigenvalue weighted by molar-refractivity contribution is -0.118. The zero-order chi connectivity index (χ0) is 10.7. The van der Waals surface area contributed by atoms with Gasteiger partial charge in [-0.25, -0.2) is 0 Å². The van der Waals surface area contributed by atoms with E-state index in [2.05, 4.69) is 9.97 Å². The monoisotopic (exact) mass is 202 g/mol. The predicted molar refractivity (Wildman–Crippen MR) is 55.7 cm³/mol. The second-order valence-electron chi connectivity index (χ2n) is 3.19. The fourth-order valence-electron chi connectivity index (χ4n) is 1.27. The highest BCUT2D eigenvalue weighted by atomic mass is 16.5. The Hall–Kier alpha value is -1.97. The topological polar surface area (TPSA) is 52.1 Å². The normalized spacial score (nSPS) is 10.2. The van der Waals surface area contributed by atoms with Crippen LogP contribution in [0.15, 0.2) is 30.7 Å². The lowest BCUT2D eigenvalue weighted by atomic mass is 10.2. The molecule has 0 bridgehead atoms. The number of nitrogens with zero attached hydrogens (tertiary/aromatic N) is 2. The minimum absolute atomic E-state index is 0.0103. The Labute approximate surface area is 86.9 Å². The van der Waals surface area contributed by atoms with Crippen molar-refractivity contribution in [1.29, 1.82) is 0 Å². The van der Waals surface area contributed by atoms with Crippen molar-refractivity contribution in [2.24, 2.45) is 0 Å². The number of fused-ring (bicyclic) bond motifs is 1. The molecule has 4 nitrogen and oxygen atoms in total. The summed E-state index contributed by atoms with van der Waals surface area (Å²) in [6.45, 7) is 1.57. The predicted octanol–water partition coefficient (Wildman–Crippen LogP) is 1.60. The van der Waals surface area contributed by atoms with Crippen LogP contribution in [0.4, 0.5) is 0 Å². The van der Waals surface area contributed by atoms with Crippen LogP contribution in [0, 0.1) is 0 Å². The molecule has 2 aromatic rings. The zero-order valence-corrected chi connectivity index (χ0v) is 8.30. The Morgan fingerprint density at radius 2 is 2.27 bits per heavy atom. The maximum absolute atomic E-state index is 10.8. The molecule has 76 valence electrons. The largest absolute Gasteiger partial charge is 0.485 e. The number of hydrogen-bond acceptors (Lipinski definition) is 4. The van der Waals surface area contributed by atoms with E-state index >= 15 is 0 Å². The third kappa shape index (κ3) is 2.10. The SMILES string of the molecule is CC(=O)COc1ccnc2ccncc12. The average Bonchev–Trinajstić information content (AvgIpc) is 2.26. The first kappa shape index (κ1) is 9.58. The molecular formula is C11H10N2O2. The number of hydrogen-bond donors (Lipinski definition) is 0. The van der Waals surface area contributed by atoms with E-state index in [-0.39, 0.29) is 12.4 Å². The van der Waals surface area contributed by atoms with Crippen molar-refractivity contribution >= 4 is 16.7 Å². The summed E-state index contributed by atoms with van der Waals surface area (Å²) in [7, 11) is 0. The minimum atomic E-state index is -0.0103. The van der Waals surface area contributed by atoms with Gasteiger partial charge >= 0.3 is 0 Å². The summed E-state index contributed by atoms with van der Waals surface area (Å²) in [5, 5.41) is 0.821. The van der Waals surface area contributed by atoms with Gasteiger partial charge in [0.25, 0.3) is 0 Å². The molecule has 0 amide bonds. The molecule has 0 saturated heterocycles. The maximum atomic E-state index is 10.8. The van der Waals surface area contributed by atoms with Crippen molar-refractivity contribution in [2.75, 3.05) is 6.61 Å². The summed E-state index contributed by atoms with van der Waals surface area (Å²) >= 11 is 0. The molecule has 0 aliphatic rings. The lowest BCUT2D eigenvalue weighted by Crippen LogP contribution is -2.06. The van der Waals surface area contributed by atoms with Gasteiger partial charge in [-0.2, -0.15) is 0 Å². The summed E-state index contributed by atoms with van der Waals surface area (Å²) in [4.78, 5) is 19.0. The van der Waals surface area contributed by atoms with E-state index in [1.807, 2.05) is 0 Å². The molecule has 0 unspecified atom stereocenters. The number of ketones is 1. The van der Waals surface area contributed by atoms with Crippen LogP contribution in [-0.2, 0) is 4.79 Å². The van der Waals surface area contributed by atoms with Crippen LogP contribution in [-0.4, -0.2) is 22.4 Å². The summed E-state index contributed by atoms with van der Waals surface area (Å²) < 4.78 is 5.35. The average molecular weight is 202 g/mol. The molecule has 15 heavy (non-hydrogen) atoms. The van der Waals surface area contributed by atoms with E-state index in [9.17, 15) is 4.79 Å². The Balaban J connectivity index is 2.38. The van der Waals surface area contributed by atoms with E-state index in [1.54, 1.807) is 30.7 Å². The summed E-state index contributed by atoms with van der Waals surface area (Å²) in [6.07, 6.45) is 5.00. The molecule has 0 atom stereocenters. The third-order valence-corrected chi connectivity index (χ3v) is 1.93. The highest BCUT2D eigenvalue weighted by molar-refractivity contribution is 5.84. The first-order valence-corrected chi connectivity index (χ1v) is 4.58. The molecule has 2 heterocycles. The Bertz CT molecular complexity index is 491. The second kappa shape index (κ2) is 4.04. The summed E-state index contributed by atoms with van der Waals surface area (Å²) in [5.41, 5.74) is 0.811. The van der Waals surface area contributed by atoms with Crippen LogP contribution in [0.2, 0.25) is 0 Å². The Morgan fingerprint density at radius 3 is 3.07 bits per heavy atom. The van der Waals surface area contributed by atoms with Crippen molar-refractivity contribution in [1.82, 2.24) is 9.97 Å². The summed E-state index contributed by atoms with van der Waals surface area (Å²) in [5.74, 6) is 0.632. The van der Waals surface area contributed by atoms with Gasteiger partial charge in [-0.3, -0.25) is 14.8 Å². The van der Waals surface area contributed by atoms with Crippen LogP contribution in [0.25, 0.3) is 10.9 Å². The van der Waals surface area contributed by atoms with Gasteiger partial charge in [0.1, 0.15) is 12.4 Å². The standard InChI is InChI=1S/C11H10N2O2/c1-8(14)7-15-11-3-5-13-10-2-4-12-6-9(10)11/h2-6H,7H2,1H3. The van der Waals surface area contributed by atoms with Gasteiger partial charge in [-0.1, -0.05) is 0 Å². The molecule has 0 aliphatic carbocycles. The third-order valence-electron chi connectivity index (χ3n) is 1.93. The second-order valence-corrected chi connectivity index (χ2v) is 3.19. The molecule has 0 spiro atoms. The number of carbonyl (C=O) groups excluding carboxylic acids is 1. The van der Waals surface area contributed by atoms with E-state index in [1.165, 1.54) is 6.92 Å². The highest BCUT2D eigenvalue weighted by Gasteiger charge is 2.03. The zero-order valence-electron chi connectivity index (χ0n) is 8.30. The molecule has 0 aliphatic heterocycles. The fraction of sp³-hybridized carbons (Fsp3) is 0.182. The van der Waals surface area contributed by atoms with Crippen LogP contribution in [0.5, 0.6) is 5.75 Å². The van der Waals surface area contributed by atoms with Crippen molar-refractivity contribution in [2.45, 2.75) is 6.92 Å². The number of rotatable bonds is 3. The molecule has 4 heteroatoms. The maximum Gasteiger partial charge on any atom is 0.167 e. The quantitative estimate of drug-likeness (QED) is 0.758. The van der Waals surface area contributed by atoms with Gasteiger partial charge < -0.3 is 4.74 Å². The highest BCUT2D eigenvalue weighted by Crippen LogP contribution is 2.22. The molecule has 0 aromatic carbocycles. The fourth-order valence-corrected chi connectivity index (χ4v) is 1.27. The number of Topliss-reactive ketones (excluding diaryl/α,β-unsaturated/α-hetero) is 1. The first-order valence-electron chi connectivity index (χ1n) is 4.58. The molecule has 2 aromatic heterocycles. The molecule has 2 rings (SSSR count). The van der Waals surface area contributed by atoms with Crippen LogP contribution < -0.4 is 4.74 Å². The van der Waals surface area contributed by atoms with Gasteiger partial charge in [-0.15, -0.1) is 0 Å². The Kier molecular flexibility index (Phi) is 2.58. The first-order chi connectivity index (χ1) is 7.27. The van der Waals surface area contributed by atoms with Crippen molar-refractivity contribution < 1.29 is 9.53 Å². The van der Waals surface area contributed by atoms with Crippen molar-refractivity contribution in [3.8, 4) is 5.75 Å². The van der Waals surface area contributed by atoms with E-state index in [0.717, 1.165) is 10.9 Å². The van der Waals surface area contributed by atoms with E-state index in [0.29, 0.717) is 5.75 Å². The van der Waals surface area contributed by atoms with Crippen molar-refractivity contribution in [3.05, 3.63) is 30.7 Å². The van der Waals surface area contributed by atoms with Gasteiger partial charge in [-0.05, 0) is 19.1 Å². The molecule has 0 fully saturated rings. The molecular weight excluding hydrogens is 192 g/mol. The summed E-state index contributed by atoms with van der Waals surface area (Å²) in [6, 6.07) is 3.53. The molecule has 0 N–H and O–H groups in total. The van der Waals surface area contributed by atoms with Crippen molar-refractivity contribution in [3.63, 3.8) is 0 Å². The van der Waals surface area contributed by atoms with Gasteiger partial charge in [0.15, 0.2) is 5.78 Å². The molecule has 0 saturated carbocycles. The van der Waals surface area contributed by atoms with E-state index in [4.69, 9.17) is 4.74 Å². The number of carbonyl (C=O) groups is 1. The van der Waals surface area contributed by atoms with Gasteiger partial charge in [0, 0.05) is 18.6 Å². The number of aromatic nitrogens is 2. The number of ether oxygens (including phenoxy) is 1. The minimum Gasteiger partial charge on any atom is -0.485 e. The van der Waals surface area contributed by atoms with Crippen LogP contribution >= 0.6 is 0 Å². The molecule has 0 radical (unpaired) electrons. The Morgan fingerprint density at radius 1 is 1.40 bits per heavy atom.